The molecule has 0 bridgehead atoms. The monoisotopic (exact) mass is 352 g/mol. The SMILES string of the molecule is Cc1cnc([C@@H](CNC(=O)O)c2ccc(OCc3ccccc3)cc2)o1. The van der Waals surface area contributed by atoms with Gasteiger partial charge in [0.2, 0.25) is 5.89 Å². The van der Waals surface area contributed by atoms with Gasteiger partial charge in [0.25, 0.3) is 0 Å². The van der Waals surface area contributed by atoms with Crippen molar-refractivity contribution in [1.29, 1.82) is 0 Å². The summed E-state index contributed by atoms with van der Waals surface area (Å²) in [5.74, 6) is 1.60. The Morgan fingerprint density at radius 1 is 1.19 bits per heavy atom. The minimum atomic E-state index is -1.08. The zero-order valence-corrected chi connectivity index (χ0v) is 14.4. The Morgan fingerprint density at radius 3 is 2.54 bits per heavy atom. The standard InChI is InChI=1S/C20H20N2O4/c1-14-11-21-19(26-14)18(12-22-20(23)24)16-7-9-17(10-8-16)25-13-15-5-3-2-4-6-15/h2-11,18,22H,12-13H2,1H3,(H,23,24)/t18-/m0/s1. The minimum absolute atomic E-state index is 0.180. The van der Waals surface area contributed by atoms with Crippen LogP contribution in [0.4, 0.5) is 4.79 Å². The normalized spacial score (nSPS) is 11.7. The van der Waals surface area contributed by atoms with Crippen LogP contribution in [0, 0.1) is 6.92 Å². The van der Waals surface area contributed by atoms with E-state index in [9.17, 15) is 4.79 Å². The van der Waals surface area contributed by atoms with Gasteiger partial charge >= 0.3 is 6.09 Å². The maximum Gasteiger partial charge on any atom is 0.404 e. The summed E-state index contributed by atoms with van der Waals surface area (Å²) in [6, 6.07) is 17.4. The van der Waals surface area contributed by atoms with Crippen molar-refractivity contribution in [2.45, 2.75) is 19.4 Å². The van der Waals surface area contributed by atoms with E-state index in [1.165, 1.54) is 0 Å². The lowest BCUT2D eigenvalue weighted by atomic mass is 9.99. The molecule has 0 aliphatic carbocycles. The van der Waals surface area contributed by atoms with Gasteiger partial charge in [-0.1, -0.05) is 42.5 Å². The molecule has 1 atom stereocenters. The van der Waals surface area contributed by atoms with Crippen LogP contribution < -0.4 is 10.1 Å². The van der Waals surface area contributed by atoms with E-state index in [0.29, 0.717) is 18.3 Å². The Bertz CT molecular complexity index is 844. The van der Waals surface area contributed by atoms with E-state index < -0.39 is 6.09 Å². The molecule has 2 N–H and O–H groups in total. The molecule has 1 heterocycles. The molecule has 0 unspecified atom stereocenters. The maximum atomic E-state index is 10.9. The van der Waals surface area contributed by atoms with Gasteiger partial charge < -0.3 is 19.6 Å². The predicted octanol–water partition coefficient (Wildman–Crippen LogP) is 3.96. The molecule has 1 amide bonds. The van der Waals surface area contributed by atoms with Crippen molar-refractivity contribution in [2.24, 2.45) is 0 Å². The molecule has 1 aromatic heterocycles. The van der Waals surface area contributed by atoms with Crippen LogP contribution in [-0.2, 0) is 6.61 Å². The molecule has 134 valence electrons. The summed E-state index contributed by atoms with van der Waals surface area (Å²) >= 11 is 0. The number of amides is 1. The molecule has 0 spiro atoms. The van der Waals surface area contributed by atoms with E-state index in [2.05, 4.69) is 10.3 Å². The quantitative estimate of drug-likeness (QED) is 0.672. The number of carbonyl (C=O) groups is 1. The number of ether oxygens (including phenoxy) is 1. The summed E-state index contributed by atoms with van der Waals surface area (Å²) in [4.78, 5) is 15.1. The van der Waals surface area contributed by atoms with Crippen molar-refractivity contribution in [3.63, 3.8) is 0 Å². The molecule has 0 aliphatic heterocycles. The number of aromatic nitrogens is 1. The molecule has 0 radical (unpaired) electrons. The van der Waals surface area contributed by atoms with Crippen LogP contribution in [0.3, 0.4) is 0 Å². The van der Waals surface area contributed by atoms with E-state index in [1.807, 2.05) is 54.6 Å². The van der Waals surface area contributed by atoms with Gasteiger partial charge in [-0.05, 0) is 30.2 Å². The number of benzene rings is 2. The Kier molecular flexibility index (Phi) is 5.53. The van der Waals surface area contributed by atoms with Crippen LogP contribution in [0.25, 0.3) is 0 Å². The summed E-state index contributed by atoms with van der Waals surface area (Å²) in [6.07, 6.45) is 0.543. The van der Waals surface area contributed by atoms with Crippen LogP contribution in [-0.4, -0.2) is 22.7 Å². The summed E-state index contributed by atoms with van der Waals surface area (Å²) < 4.78 is 11.4. The molecule has 0 saturated carbocycles. The summed E-state index contributed by atoms with van der Waals surface area (Å²) in [5.41, 5.74) is 1.99. The first-order chi connectivity index (χ1) is 12.6. The van der Waals surface area contributed by atoms with Gasteiger partial charge in [-0.2, -0.15) is 0 Å². The number of nitrogens with one attached hydrogen (secondary N) is 1. The Labute approximate surface area is 151 Å². The number of aryl methyl sites for hydroxylation is 1. The molecule has 0 aliphatic rings. The predicted molar refractivity (Wildman–Crippen MR) is 96.3 cm³/mol. The van der Waals surface area contributed by atoms with E-state index in [1.54, 1.807) is 13.1 Å². The lowest BCUT2D eigenvalue weighted by Crippen LogP contribution is -2.27. The molecule has 26 heavy (non-hydrogen) atoms. The van der Waals surface area contributed by atoms with Crippen molar-refractivity contribution in [3.05, 3.63) is 83.6 Å². The number of nitrogens with zero attached hydrogens (tertiary/aromatic N) is 1. The number of hydrogen-bond donors (Lipinski definition) is 2. The van der Waals surface area contributed by atoms with Gasteiger partial charge in [0, 0.05) is 6.54 Å². The van der Waals surface area contributed by atoms with Crippen molar-refractivity contribution in [3.8, 4) is 5.75 Å². The molecule has 2 aromatic carbocycles. The fraction of sp³-hybridized carbons (Fsp3) is 0.200. The van der Waals surface area contributed by atoms with Crippen LogP contribution in [0.5, 0.6) is 5.75 Å². The first-order valence-corrected chi connectivity index (χ1v) is 8.27. The zero-order valence-electron chi connectivity index (χ0n) is 14.4. The third kappa shape index (κ3) is 4.63. The fourth-order valence-electron chi connectivity index (χ4n) is 2.61. The van der Waals surface area contributed by atoms with Crippen molar-refractivity contribution < 1.29 is 19.1 Å². The lowest BCUT2D eigenvalue weighted by molar-refractivity contribution is 0.193. The maximum absolute atomic E-state index is 10.9. The Hall–Kier alpha value is -3.28. The Morgan fingerprint density at radius 2 is 1.92 bits per heavy atom. The summed E-state index contributed by atoms with van der Waals surface area (Å²) in [6.45, 7) is 2.47. The van der Waals surface area contributed by atoms with Crippen molar-refractivity contribution in [2.75, 3.05) is 6.54 Å². The van der Waals surface area contributed by atoms with Crippen molar-refractivity contribution >= 4 is 6.09 Å². The van der Waals surface area contributed by atoms with Crippen LogP contribution >= 0.6 is 0 Å². The van der Waals surface area contributed by atoms with Crippen molar-refractivity contribution in [1.82, 2.24) is 10.3 Å². The van der Waals surface area contributed by atoms with E-state index >= 15 is 0 Å². The highest BCUT2D eigenvalue weighted by Crippen LogP contribution is 2.26. The fourth-order valence-corrected chi connectivity index (χ4v) is 2.61. The highest BCUT2D eigenvalue weighted by molar-refractivity contribution is 5.64. The number of rotatable bonds is 7. The minimum Gasteiger partial charge on any atom is -0.489 e. The van der Waals surface area contributed by atoms with Gasteiger partial charge in [-0.3, -0.25) is 0 Å². The molecule has 3 rings (SSSR count). The first kappa shape index (κ1) is 17.5. The molecule has 0 fully saturated rings. The van der Waals surface area contributed by atoms with E-state index in [-0.39, 0.29) is 12.5 Å². The number of carboxylic acid groups (broad SMARTS) is 1. The average molecular weight is 352 g/mol. The third-order valence-corrected chi connectivity index (χ3v) is 3.93. The molecule has 6 heteroatoms. The largest absolute Gasteiger partial charge is 0.489 e. The van der Waals surface area contributed by atoms with Crippen LogP contribution in [0.15, 0.2) is 65.2 Å². The second-order valence-electron chi connectivity index (χ2n) is 5.89. The lowest BCUT2D eigenvalue weighted by Gasteiger charge is -2.15. The topological polar surface area (TPSA) is 84.6 Å². The molecule has 3 aromatic rings. The highest BCUT2D eigenvalue weighted by Gasteiger charge is 2.20. The van der Waals surface area contributed by atoms with Crippen LogP contribution in [0.1, 0.15) is 28.7 Å². The van der Waals surface area contributed by atoms with Gasteiger partial charge in [0.05, 0.1) is 12.1 Å². The number of hydrogen-bond acceptors (Lipinski definition) is 4. The van der Waals surface area contributed by atoms with E-state index in [0.717, 1.165) is 16.9 Å². The van der Waals surface area contributed by atoms with E-state index in [4.69, 9.17) is 14.3 Å². The van der Waals surface area contributed by atoms with Gasteiger partial charge in [-0.15, -0.1) is 0 Å². The van der Waals surface area contributed by atoms with Gasteiger partial charge in [0.15, 0.2) is 0 Å². The highest BCUT2D eigenvalue weighted by atomic mass is 16.5. The smallest absolute Gasteiger partial charge is 0.404 e. The van der Waals surface area contributed by atoms with Gasteiger partial charge in [-0.25, -0.2) is 9.78 Å². The Balaban J connectivity index is 1.71. The number of oxazole rings is 1. The second kappa shape index (κ2) is 8.20. The third-order valence-electron chi connectivity index (χ3n) is 3.93. The first-order valence-electron chi connectivity index (χ1n) is 8.27. The average Bonchev–Trinajstić information content (AvgIpc) is 3.08. The second-order valence-corrected chi connectivity index (χ2v) is 5.89. The molecule has 6 nitrogen and oxygen atoms in total. The summed E-state index contributed by atoms with van der Waals surface area (Å²) in [5, 5.41) is 11.3. The molecular weight excluding hydrogens is 332 g/mol. The van der Waals surface area contributed by atoms with Crippen LogP contribution in [0.2, 0.25) is 0 Å². The summed E-state index contributed by atoms with van der Waals surface area (Å²) in [7, 11) is 0. The van der Waals surface area contributed by atoms with Gasteiger partial charge in [0.1, 0.15) is 18.1 Å². The molecular formula is C20H20N2O4. The zero-order chi connectivity index (χ0) is 18.4. The molecule has 0 saturated heterocycles.